The van der Waals surface area contributed by atoms with E-state index >= 15 is 0 Å². The SMILES string of the molecule is COC(=O)N[C@@H](Cc1cnc[nH]1)C(=O)N[C@@H](CCC(=O)O)C(=O)COC(=O)c1c(Cl)cccc1Cl. The molecule has 4 N–H and O–H groups in total. The first-order valence-electron chi connectivity index (χ1n) is 10.1. The first kappa shape index (κ1) is 27.6. The lowest BCUT2D eigenvalue weighted by Crippen LogP contribution is -2.53. The van der Waals surface area contributed by atoms with Crippen LogP contribution in [0.5, 0.6) is 0 Å². The van der Waals surface area contributed by atoms with Crippen molar-refractivity contribution in [3.05, 3.63) is 52.0 Å². The molecule has 0 saturated carbocycles. The summed E-state index contributed by atoms with van der Waals surface area (Å²) >= 11 is 11.9. The largest absolute Gasteiger partial charge is 0.481 e. The molecule has 2 atom stereocenters. The fourth-order valence-corrected chi connectivity index (χ4v) is 3.43. The maximum Gasteiger partial charge on any atom is 0.407 e. The molecule has 2 aromatic rings. The van der Waals surface area contributed by atoms with Gasteiger partial charge in [-0.3, -0.25) is 14.4 Å². The predicted octanol–water partition coefficient (Wildman–Crippen LogP) is 1.76. The number of hydrogen-bond donors (Lipinski definition) is 4. The van der Waals surface area contributed by atoms with E-state index in [-0.39, 0.29) is 28.5 Å². The van der Waals surface area contributed by atoms with Crippen LogP contribution < -0.4 is 10.6 Å². The van der Waals surface area contributed by atoms with Crippen LogP contribution in [-0.2, 0) is 30.3 Å². The summed E-state index contributed by atoms with van der Waals surface area (Å²) in [5.41, 5.74) is 0.358. The number of benzene rings is 1. The number of H-pyrrole nitrogens is 1. The molecule has 188 valence electrons. The number of carboxylic acids is 1. The van der Waals surface area contributed by atoms with Crippen LogP contribution in [0.1, 0.15) is 28.9 Å². The zero-order valence-corrected chi connectivity index (χ0v) is 19.9. The number of carbonyl (C=O) groups is 5. The number of aliphatic carboxylic acids is 1. The molecular weight excluding hydrogens is 507 g/mol. The Morgan fingerprint density at radius 1 is 1.11 bits per heavy atom. The molecule has 0 radical (unpaired) electrons. The van der Waals surface area contributed by atoms with Gasteiger partial charge in [0.2, 0.25) is 5.91 Å². The third-order valence-electron chi connectivity index (χ3n) is 4.64. The summed E-state index contributed by atoms with van der Waals surface area (Å²) < 4.78 is 9.52. The molecule has 0 bridgehead atoms. The molecule has 12 nitrogen and oxygen atoms in total. The molecule has 1 aromatic carbocycles. The molecule has 0 fully saturated rings. The number of esters is 1. The minimum Gasteiger partial charge on any atom is -0.481 e. The first-order valence-corrected chi connectivity index (χ1v) is 10.9. The normalized spacial score (nSPS) is 12.2. The van der Waals surface area contributed by atoms with E-state index in [4.69, 9.17) is 33.0 Å². The third kappa shape index (κ3) is 8.58. The number of methoxy groups -OCH3 is 1. The van der Waals surface area contributed by atoms with Gasteiger partial charge >= 0.3 is 18.0 Å². The summed E-state index contributed by atoms with van der Waals surface area (Å²) in [6.45, 7) is -0.791. The highest BCUT2D eigenvalue weighted by molar-refractivity contribution is 6.39. The zero-order valence-electron chi connectivity index (χ0n) is 18.4. The highest BCUT2D eigenvalue weighted by atomic mass is 35.5. The number of imidazole rings is 1. The maximum absolute atomic E-state index is 12.9. The van der Waals surface area contributed by atoms with Crippen molar-refractivity contribution in [2.45, 2.75) is 31.3 Å². The van der Waals surface area contributed by atoms with Crippen molar-refractivity contribution in [1.82, 2.24) is 20.6 Å². The van der Waals surface area contributed by atoms with Gasteiger partial charge < -0.3 is 30.2 Å². The van der Waals surface area contributed by atoms with E-state index in [0.29, 0.717) is 5.69 Å². The van der Waals surface area contributed by atoms with Crippen LogP contribution in [0.2, 0.25) is 10.0 Å². The van der Waals surface area contributed by atoms with Crippen molar-refractivity contribution in [3.63, 3.8) is 0 Å². The number of alkyl carbamates (subject to hydrolysis) is 1. The van der Waals surface area contributed by atoms with Crippen molar-refractivity contribution >= 4 is 52.9 Å². The molecule has 14 heteroatoms. The number of aromatic nitrogens is 2. The van der Waals surface area contributed by atoms with Crippen LogP contribution in [0.15, 0.2) is 30.7 Å². The van der Waals surface area contributed by atoms with Crippen molar-refractivity contribution in [1.29, 1.82) is 0 Å². The topological polar surface area (TPSA) is 177 Å². The number of nitrogens with one attached hydrogen (secondary N) is 3. The van der Waals surface area contributed by atoms with Crippen LogP contribution in [0.25, 0.3) is 0 Å². The summed E-state index contributed by atoms with van der Waals surface area (Å²) in [6.07, 6.45) is 1.13. The van der Waals surface area contributed by atoms with Gasteiger partial charge in [-0.1, -0.05) is 29.3 Å². The molecule has 35 heavy (non-hydrogen) atoms. The number of nitrogens with zero attached hydrogens (tertiary/aromatic N) is 1. The quantitative estimate of drug-likeness (QED) is 0.298. The highest BCUT2D eigenvalue weighted by Crippen LogP contribution is 2.25. The third-order valence-corrected chi connectivity index (χ3v) is 5.27. The summed E-state index contributed by atoms with van der Waals surface area (Å²) in [5, 5.41) is 13.8. The van der Waals surface area contributed by atoms with Gasteiger partial charge in [0.05, 0.1) is 35.1 Å². The Hall–Kier alpha value is -3.64. The second kappa shape index (κ2) is 13.3. The van der Waals surface area contributed by atoms with E-state index < -0.39 is 54.8 Å². The number of carbonyl (C=O) groups excluding carboxylic acids is 4. The standard InChI is InChI=1S/C21H22Cl2N4O8/c1-34-21(33)27-15(7-11-8-24-10-25-11)19(31)26-14(5-6-17(29)30)16(28)9-35-20(32)18-12(22)3-2-4-13(18)23/h2-4,8,10,14-15H,5-7,9H2,1H3,(H,24,25)(H,26,31)(H,27,33)(H,29,30)/t14-,15-/m0/s1. The van der Waals surface area contributed by atoms with Gasteiger partial charge in [0.25, 0.3) is 0 Å². The molecule has 0 aliphatic carbocycles. The minimum absolute atomic E-state index is 0.0150. The van der Waals surface area contributed by atoms with Crippen LogP contribution in [0.3, 0.4) is 0 Å². The Kier molecular flexibility index (Phi) is 10.5. The molecule has 0 unspecified atom stereocenters. The molecule has 2 amide bonds. The monoisotopic (exact) mass is 528 g/mol. The fourth-order valence-electron chi connectivity index (χ4n) is 2.88. The molecule has 1 aromatic heterocycles. The Morgan fingerprint density at radius 2 is 1.80 bits per heavy atom. The van der Waals surface area contributed by atoms with Gasteiger partial charge in [0.1, 0.15) is 6.04 Å². The Bertz CT molecular complexity index is 1060. The number of aromatic amines is 1. The number of hydrogen-bond acceptors (Lipinski definition) is 8. The summed E-state index contributed by atoms with van der Waals surface area (Å²) in [4.78, 5) is 67.3. The van der Waals surface area contributed by atoms with Gasteiger partial charge in [0, 0.05) is 24.7 Å². The molecule has 2 rings (SSSR count). The van der Waals surface area contributed by atoms with E-state index in [9.17, 15) is 24.0 Å². The van der Waals surface area contributed by atoms with Gasteiger partial charge in [-0.15, -0.1) is 0 Å². The second-order valence-corrected chi connectivity index (χ2v) is 7.92. The van der Waals surface area contributed by atoms with Gasteiger partial charge in [0.15, 0.2) is 12.4 Å². The van der Waals surface area contributed by atoms with Gasteiger partial charge in [-0.2, -0.15) is 0 Å². The molecule has 0 saturated heterocycles. The van der Waals surface area contributed by atoms with E-state index in [1.165, 1.54) is 30.7 Å². The van der Waals surface area contributed by atoms with Crippen molar-refractivity contribution in [3.8, 4) is 0 Å². The van der Waals surface area contributed by atoms with Crippen molar-refractivity contribution in [2.24, 2.45) is 0 Å². The van der Waals surface area contributed by atoms with Gasteiger partial charge in [-0.05, 0) is 18.6 Å². The van der Waals surface area contributed by atoms with E-state index in [0.717, 1.165) is 7.11 Å². The van der Waals surface area contributed by atoms with E-state index in [1.54, 1.807) is 0 Å². The molecular formula is C21H22Cl2N4O8. The lowest BCUT2D eigenvalue weighted by atomic mass is 10.1. The Morgan fingerprint density at radius 3 is 2.37 bits per heavy atom. The average molecular weight is 529 g/mol. The van der Waals surface area contributed by atoms with Crippen molar-refractivity contribution in [2.75, 3.05) is 13.7 Å². The number of Topliss-reactive ketones (excluding diaryl/α,β-unsaturated/α-hetero) is 1. The summed E-state index contributed by atoms with van der Waals surface area (Å²) in [5.74, 6) is -3.76. The second-order valence-electron chi connectivity index (χ2n) is 7.10. The minimum atomic E-state index is -1.34. The van der Waals surface area contributed by atoms with Crippen LogP contribution in [0, 0.1) is 0 Å². The number of ketones is 1. The molecule has 0 aliphatic rings. The number of rotatable bonds is 12. The Balaban J connectivity index is 2.12. The number of ether oxygens (including phenoxy) is 2. The average Bonchev–Trinajstić information content (AvgIpc) is 3.32. The number of halogens is 2. The maximum atomic E-state index is 12.9. The molecule has 0 spiro atoms. The van der Waals surface area contributed by atoms with E-state index in [1.807, 2.05) is 0 Å². The highest BCUT2D eigenvalue weighted by Gasteiger charge is 2.29. The van der Waals surface area contributed by atoms with Crippen LogP contribution >= 0.6 is 23.2 Å². The fraction of sp³-hybridized carbons (Fsp3) is 0.333. The summed E-state index contributed by atoms with van der Waals surface area (Å²) in [7, 11) is 1.11. The summed E-state index contributed by atoms with van der Waals surface area (Å²) in [6, 6.07) is 1.82. The number of amides is 2. The number of carboxylic acid groups (broad SMARTS) is 1. The predicted molar refractivity (Wildman–Crippen MR) is 122 cm³/mol. The van der Waals surface area contributed by atoms with Crippen LogP contribution in [0.4, 0.5) is 4.79 Å². The molecule has 0 aliphatic heterocycles. The van der Waals surface area contributed by atoms with Gasteiger partial charge in [-0.25, -0.2) is 14.6 Å². The van der Waals surface area contributed by atoms with Crippen LogP contribution in [-0.4, -0.2) is 70.6 Å². The Labute approximate surface area is 209 Å². The molecule has 1 heterocycles. The van der Waals surface area contributed by atoms with Crippen molar-refractivity contribution < 1.29 is 38.6 Å². The first-order chi connectivity index (χ1) is 16.6. The lowest BCUT2D eigenvalue weighted by molar-refractivity contribution is -0.138. The smallest absolute Gasteiger partial charge is 0.407 e. The zero-order chi connectivity index (χ0) is 26.0. The lowest BCUT2D eigenvalue weighted by Gasteiger charge is -2.22. The van der Waals surface area contributed by atoms with E-state index in [2.05, 4.69) is 25.3 Å².